The molecule has 0 N–H and O–H groups in total. The van der Waals surface area contributed by atoms with E-state index < -0.39 is 0 Å². The highest BCUT2D eigenvalue weighted by molar-refractivity contribution is 6.25. The van der Waals surface area contributed by atoms with Gasteiger partial charge in [-0.1, -0.05) is 24.3 Å². The van der Waals surface area contributed by atoms with Crippen molar-refractivity contribution in [3.8, 4) is 0 Å². The number of allylic oxidation sites excluding steroid dienone is 1. The molecule has 4 nitrogen and oxygen atoms in total. The van der Waals surface area contributed by atoms with Gasteiger partial charge in [0.2, 0.25) is 0 Å². The van der Waals surface area contributed by atoms with Gasteiger partial charge in [-0.2, -0.15) is 0 Å². The third-order valence-electron chi connectivity index (χ3n) is 5.35. The second kappa shape index (κ2) is 9.04. The average molecular weight is 413 g/mol. The van der Waals surface area contributed by atoms with E-state index in [1.54, 1.807) is 12.3 Å². The van der Waals surface area contributed by atoms with Crippen LogP contribution < -0.4 is 4.90 Å². The minimum atomic E-state index is -0.300. The van der Waals surface area contributed by atoms with Gasteiger partial charge in [0.05, 0.1) is 11.4 Å². The first-order chi connectivity index (χ1) is 15.1. The average Bonchev–Trinajstić information content (AvgIpc) is 3.21. The Morgan fingerprint density at radius 3 is 2.45 bits per heavy atom. The zero-order valence-electron chi connectivity index (χ0n) is 18.0. The maximum absolute atomic E-state index is 13.9. The third kappa shape index (κ3) is 4.45. The van der Waals surface area contributed by atoms with E-state index in [1.807, 2.05) is 30.3 Å². The fourth-order valence-electron chi connectivity index (χ4n) is 3.67. The second-order valence-corrected chi connectivity index (χ2v) is 7.36. The lowest BCUT2D eigenvalue weighted by atomic mass is 10.0. The standard InChI is InChI=1S/C26H25FN4/c1-4-31(5-2)22-13-12-19(18(3)15-22)17-24-25(20-9-8-10-21(27)16-20)30-26(29-24)23-11-6-7-14-28-23/h6-17H,4-5H2,1-3H3. The first kappa shape index (κ1) is 20.7. The quantitative estimate of drug-likeness (QED) is 0.524. The van der Waals surface area contributed by atoms with Gasteiger partial charge in [-0.05, 0) is 74.4 Å². The lowest BCUT2D eigenvalue weighted by Crippen LogP contribution is -2.21. The zero-order chi connectivity index (χ0) is 21.8. The maximum atomic E-state index is 13.9. The first-order valence-corrected chi connectivity index (χ1v) is 10.5. The number of hydrogen-bond donors (Lipinski definition) is 0. The molecular weight excluding hydrogens is 387 g/mol. The van der Waals surface area contributed by atoms with E-state index in [-0.39, 0.29) is 5.82 Å². The Morgan fingerprint density at radius 2 is 1.77 bits per heavy atom. The van der Waals surface area contributed by atoms with E-state index in [2.05, 4.69) is 48.9 Å². The van der Waals surface area contributed by atoms with Crippen molar-refractivity contribution in [2.45, 2.75) is 20.8 Å². The monoisotopic (exact) mass is 412 g/mol. The number of halogens is 1. The lowest BCUT2D eigenvalue weighted by molar-refractivity contribution is 0.627. The van der Waals surface area contributed by atoms with Crippen LogP contribution in [0, 0.1) is 12.7 Å². The van der Waals surface area contributed by atoms with Crippen molar-refractivity contribution in [1.82, 2.24) is 4.98 Å². The molecule has 1 aromatic heterocycles. The molecule has 1 aliphatic heterocycles. The minimum absolute atomic E-state index is 0.300. The number of aliphatic imine (C=N–C) groups is 2. The highest BCUT2D eigenvalue weighted by atomic mass is 19.1. The van der Waals surface area contributed by atoms with Gasteiger partial charge in [0.15, 0.2) is 5.84 Å². The molecule has 0 atom stereocenters. The molecule has 4 rings (SSSR count). The number of nitrogens with zero attached hydrogens (tertiary/aromatic N) is 4. The Morgan fingerprint density at radius 1 is 0.935 bits per heavy atom. The number of benzene rings is 2. The minimum Gasteiger partial charge on any atom is -0.372 e. The van der Waals surface area contributed by atoms with Crippen molar-refractivity contribution in [1.29, 1.82) is 0 Å². The number of rotatable bonds is 6. The number of aryl methyl sites for hydroxylation is 1. The molecule has 2 heterocycles. The highest BCUT2D eigenvalue weighted by Gasteiger charge is 2.21. The number of amidine groups is 1. The molecule has 0 saturated carbocycles. The Kier molecular flexibility index (Phi) is 6.03. The summed E-state index contributed by atoms with van der Waals surface area (Å²) in [6.45, 7) is 8.33. The van der Waals surface area contributed by atoms with Crippen LogP contribution in [0.4, 0.5) is 10.1 Å². The van der Waals surface area contributed by atoms with Crippen LogP contribution >= 0.6 is 0 Å². The molecule has 0 unspecified atom stereocenters. The van der Waals surface area contributed by atoms with Crippen molar-refractivity contribution in [2.75, 3.05) is 18.0 Å². The topological polar surface area (TPSA) is 40.9 Å². The van der Waals surface area contributed by atoms with Crippen molar-refractivity contribution >= 4 is 23.3 Å². The van der Waals surface area contributed by atoms with Crippen molar-refractivity contribution in [3.05, 3.63) is 101 Å². The molecule has 0 spiro atoms. The second-order valence-electron chi connectivity index (χ2n) is 7.36. The number of hydrogen-bond acceptors (Lipinski definition) is 4. The smallest absolute Gasteiger partial charge is 0.179 e. The van der Waals surface area contributed by atoms with Crippen molar-refractivity contribution in [2.24, 2.45) is 9.98 Å². The van der Waals surface area contributed by atoms with Crippen LogP contribution in [0.1, 0.15) is 36.2 Å². The largest absolute Gasteiger partial charge is 0.372 e. The Hall–Kier alpha value is -3.60. The molecule has 1 aliphatic rings. The SMILES string of the molecule is CCN(CC)c1ccc(C=C2N=C(c3ccccn3)N=C2c2cccc(F)c2)c(C)c1. The summed E-state index contributed by atoms with van der Waals surface area (Å²) in [7, 11) is 0. The molecule has 31 heavy (non-hydrogen) atoms. The fourth-order valence-corrected chi connectivity index (χ4v) is 3.67. The third-order valence-corrected chi connectivity index (χ3v) is 5.35. The molecule has 0 saturated heterocycles. The summed E-state index contributed by atoms with van der Waals surface area (Å²) in [5.41, 5.74) is 6.13. The summed E-state index contributed by atoms with van der Waals surface area (Å²) >= 11 is 0. The van der Waals surface area contributed by atoms with E-state index in [9.17, 15) is 4.39 Å². The molecular formula is C26H25FN4. The van der Waals surface area contributed by atoms with Gasteiger partial charge in [0.25, 0.3) is 0 Å². The fraction of sp³-hybridized carbons (Fsp3) is 0.192. The van der Waals surface area contributed by atoms with Gasteiger partial charge in [-0.3, -0.25) is 4.98 Å². The van der Waals surface area contributed by atoms with Gasteiger partial charge >= 0.3 is 0 Å². The molecule has 2 aromatic carbocycles. The lowest BCUT2D eigenvalue weighted by Gasteiger charge is -2.21. The van der Waals surface area contributed by atoms with Gasteiger partial charge < -0.3 is 4.90 Å². The first-order valence-electron chi connectivity index (χ1n) is 10.5. The number of anilines is 1. The maximum Gasteiger partial charge on any atom is 0.179 e. The van der Waals surface area contributed by atoms with Gasteiger partial charge in [-0.25, -0.2) is 14.4 Å². The number of aromatic nitrogens is 1. The zero-order valence-corrected chi connectivity index (χ0v) is 18.0. The molecule has 3 aromatic rings. The summed E-state index contributed by atoms with van der Waals surface area (Å²) in [6, 6.07) is 18.5. The normalized spacial score (nSPS) is 14.5. The summed E-state index contributed by atoms with van der Waals surface area (Å²) < 4.78 is 13.9. The van der Waals surface area contributed by atoms with Gasteiger partial charge in [-0.15, -0.1) is 0 Å². The molecule has 0 radical (unpaired) electrons. The van der Waals surface area contributed by atoms with Gasteiger partial charge in [0.1, 0.15) is 11.5 Å². The van der Waals surface area contributed by atoms with Crippen molar-refractivity contribution in [3.63, 3.8) is 0 Å². The summed E-state index contributed by atoms with van der Waals surface area (Å²) in [6.07, 6.45) is 3.73. The predicted octanol–water partition coefficient (Wildman–Crippen LogP) is 5.67. The molecule has 156 valence electrons. The van der Waals surface area contributed by atoms with E-state index in [0.717, 1.165) is 24.2 Å². The molecule has 0 fully saturated rings. The van der Waals surface area contributed by atoms with Crippen LogP contribution in [0.3, 0.4) is 0 Å². The Bertz CT molecular complexity index is 1180. The molecule has 0 aliphatic carbocycles. The van der Waals surface area contributed by atoms with E-state index >= 15 is 0 Å². The van der Waals surface area contributed by atoms with Crippen LogP contribution in [0.2, 0.25) is 0 Å². The Labute approximate surface area is 182 Å². The van der Waals surface area contributed by atoms with E-state index in [0.29, 0.717) is 28.5 Å². The summed E-state index contributed by atoms with van der Waals surface area (Å²) in [4.78, 5) is 16.1. The Balaban J connectivity index is 1.78. The van der Waals surface area contributed by atoms with Crippen LogP contribution in [0.15, 0.2) is 82.5 Å². The molecule has 0 amide bonds. The van der Waals surface area contributed by atoms with Crippen molar-refractivity contribution < 1.29 is 4.39 Å². The van der Waals surface area contributed by atoms with E-state index in [1.165, 1.54) is 17.8 Å². The predicted molar refractivity (Wildman–Crippen MR) is 126 cm³/mol. The number of pyridine rings is 1. The summed E-state index contributed by atoms with van der Waals surface area (Å²) in [5, 5.41) is 0. The van der Waals surface area contributed by atoms with Gasteiger partial charge in [0, 0.05) is 30.5 Å². The van der Waals surface area contributed by atoms with Crippen LogP contribution in [0.5, 0.6) is 0 Å². The highest BCUT2D eigenvalue weighted by Crippen LogP contribution is 2.26. The molecule has 0 bridgehead atoms. The van der Waals surface area contributed by atoms with Crippen LogP contribution in [-0.2, 0) is 0 Å². The van der Waals surface area contributed by atoms with Crippen LogP contribution in [0.25, 0.3) is 6.08 Å². The van der Waals surface area contributed by atoms with E-state index in [4.69, 9.17) is 9.98 Å². The van der Waals surface area contributed by atoms with Crippen LogP contribution in [-0.4, -0.2) is 29.6 Å². The molecule has 5 heteroatoms. The summed E-state index contributed by atoms with van der Waals surface area (Å²) in [5.74, 6) is 0.231.